The van der Waals surface area contributed by atoms with Gasteiger partial charge < -0.3 is 25.3 Å². The van der Waals surface area contributed by atoms with Crippen LogP contribution in [0.1, 0.15) is 55.6 Å². The smallest absolute Gasteiger partial charge is 0.323 e. The number of halogens is 2. The number of amides is 1. The fourth-order valence-electron chi connectivity index (χ4n) is 4.99. The molecule has 1 fully saturated rings. The first-order valence-electron chi connectivity index (χ1n) is 14.5. The van der Waals surface area contributed by atoms with E-state index in [4.69, 9.17) is 15.2 Å². The molecule has 1 aliphatic rings. The van der Waals surface area contributed by atoms with Crippen LogP contribution in [0.15, 0.2) is 36.1 Å². The average molecular weight is 659 g/mol. The van der Waals surface area contributed by atoms with Gasteiger partial charge in [-0.2, -0.15) is 14.6 Å². The van der Waals surface area contributed by atoms with Gasteiger partial charge >= 0.3 is 11.9 Å². The maximum absolute atomic E-state index is 14.8. The largest absolute Gasteiger partial charge is 0.468 e. The van der Waals surface area contributed by atoms with Gasteiger partial charge in [-0.15, -0.1) is 11.3 Å². The molecule has 5 rings (SSSR count). The van der Waals surface area contributed by atoms with Crippen molar-refractivity contribution < 1.29 is 37.4 Å². The number of thiazole rings is 1. The van der Waals surface area contributed by atoms with E-state index in [1.807, 2.05) is 6.92 Å². The maximum atomic E-state index is 14.8. The topological polar surface area (TPSA) is 178 Å². The van der Waals surface area contributed by atoms with Crippen molar-refractivity contribution in [1.82, 2.24) is 29.5 Å². The highest BCUT2D eigenvalue weighted by molar-refractivity contribution is 7.13. The van der Waals surface area contributed by atoms with Gasteiger partial charge in [-0.3, -0.25) is 19.1 Å². The quantitative estimate of drug-likeness (QED) is 0.167. The first-order valence-corrected chi connectivity index (χ1v) is 15.3. The fraction of sp³-hybridized carbons (Fsp3) is 0.414. The van der Waals surface area contributed by atoms with Gasteiger partial charge in [0, 0.05) is 29.9 Å². The molecular weight excluding hydrogens is 626 g/mol. The highest BCUT2D eigenvalue weighted by Gasteiger charge is 2.27. The Morgan fingerprint density at radius 3 is 2.65 bits per heavy atom. The van der Waals surface area contributed by atoms with Crippen LogP contribution in [-0.4, -0.2) is 73.2 Å². The summed E-state index contributed by atoms with van der Waals surface area (Å²) >= 11 is 1.17. The number of esters is 2. The third kappa shape index (κ3) is 7.78. The molecule has 0 aliphatic heterocycles. The summed E-state index contributed by atoms with van der Waals surface area (Å²) in [6, 6.07) is 0.706. The van der Waals surface area contributed by atoms with Crippen molar-refractivity contribution in [2.75, 3.05) is 19.0 Å². The minimum Gasteiger partial charge on any atom is -0.468 e. The Labute approximate surface area is 265 Å². The van der Waals surface area contributed by atoms with Crippen molar-refractivity contribution in [3.63, 3.8) is 0 Å². The summed E-state index contributed by atoms with van der Waals surface area (Å²) in [5, 5.41) is 13.4. The van der Waals surface area contributed by atoms with Gasteiger partial charge in [0.2, 0.25) is 5.95 Å². The van der Waals surface area contributed by atoms with Gasteiger partial charge in [0.15, 0.2) is 12.5 Å². The zero-order chi connectivity index (χ0) is 32.8. The molecule has 4 aromatic heterocycles. The van der Waals surface area contributed by atoms with E-state index in [1.165, 1.54) is 34.7 Å². The van der Waals surface area contributed by atoms with Crippen LogP contribution in [0, 0.1) is 11.8 Å². The van der Waals surface area contributed by atoms with Gasteiger partial charge in [0.1, 0.15) is 28.1 Å². The highest BCUT2D eigenvalue weighted by Crippen LogP contribution is 2.34. The minimum atomic E-state index is -1.14. The van der Waals surface area contributed by atoms with Crippen molar-refractivity contribution in [3.05, 3.63) is 53.6 Å². The van der Waals surface area contributed by atoms with E-state index < -0.39 is 35.7 Å². The first-order chi connectivity index (χ1) is 22.1. The second-order valence-corrected chi connectivity index (χ2v) is 11.3. The van der Waals surface area contributed by atoms with E-state index in [-0.39, 0.29) is 48.1 Å². The third-order valence-corrected chi connectivity index (χ3v) is 8.19. The molecule has 14 nitrogen and oxygen atoms in total. The minimum absolute atomic E-state index is 0.00361. The SMILES string of the molecule is CCO[C@H]1CC[C@H](n2cc(NC(=O)c3csc(-c4cnn(COC(=O)C[C@@H](N)C(=O)OC)c4)n3)c(-c3nc(F)ccc3F)n2)CC1. The molecule has 1 aliphatic carbocycles. The second-order valence-electron chi connectivity index (χ2n) is 10.5. The molecular formula is C29H32F2N8O6S. The molecule has 1 saturated carbocycles. The number of anilines is 1. The van der Waals surface area contributed by atoms with Crippen molar-refractivity contribution in [2.24, 2.45) is 5.73 Å². The molecule has 244 valence electrons. The van der Waals surface area contributed by atoms with Crippen molar-refractivity contribution in [2.45, 2.75) is 63.9 Å². The lowest BCUT2D eigenvalue weighted by Crippen LogP contribution is -2.34. The number of pyridine rings is 1. The standard InChI is InChI=1S/C29H32F2N8O6S/c1-3-44-18-6-4-17(5-7-18)39-13-21(26(37-39)25-19(30)8-9-23(31)36-25)34-27(41)22-14-46-28(35-22)16-11-33-38(12-16)15-45-24(40)10-20(32)29(42)43-2/h8-9,11-14,17-18,20H,3-7,10,15,32H2,1-2H3,(H,34,41)/t17-,18-,20-/m1/s1. The van der Waals surface area contributed by atoms with Gasteiger partial charge in [-0.1, -0.05) is 0 Å². The van der Waals surface area contributed by atoms with Gasteiger partial charge in [0.25, 0.3) is 5.91 Å². The number of aromatic nitrogens is 6. The van der Waals surface area contributed by atoms with Gasteiger partial charge in [-0.25, -0.2) is 19.0 Å². The molecule has 0 spiro atoms. The maximum Gasteiger partial charge on any atom is 0.323 e. The number of hydrogen-bond acceptors (Lipinski definition) is 12. The zero-order valence-electron chi connectivity index (χ0n) is 25.0. The Balaban J connectivity index is 1.28. The Bertz CT molecular complexity index is 1700. The van der Waals surface area contributed by atoms with Crippen LogP contribution < -0.4 is 11.1 Å². The number of nitrogens with zero attached hydrogens (tertiary/aromatic N) is 6. The molecule has 4 heterocycles. The van der Waals surface area contributed by atoms with Crippen molar-refractivity contribution in [3.8, 4) is 22.0 Å². The Kier molecular flexibility index (Phi) is 10.4. The molecule has 1 atom stereocenters. The number of carbonyl (C=O) groups excluding carboxylic acids is 3. The predicted octanol–water partition coefficient (Wildman–Crippen LogP) is 3.71. The molecule has 1 amide bonds. The first kappa shape index (κ1) is 32.8. The van der Waals surface area contributed by atoms with Crippen LogP contribution in [-0.2, 0) is 30.5 Å². The monoisotopic (exact) mass is 658 g/mol. The number of ether oxygens (including phenoxy) is 3. The van der Waals surface area contributed by atoms with E-state index in [1.54, 1.807) is 17.1 Å². The number of carbonyl (C=O) groups is 3. The second kappa shape index (κ2) is 14.7. The highest BCUT2D eigenvalue weighted by atomic mass is 32.1. The van der Waals surface area contributed by atoms with Crippen LogP contribution in [0.25, 0.3) is 22.0 Å². The van der Waals surface area contributed by atoms with Crippen LogP contribution in [0.5, 0.6) is 0 Å². The molecule has 0 aromatic carbocycles. The van der Waals surface area contributed by atoms with Crippen LogP contribution >= 0.6 is 11.3 Å². The normalized spacial score (nSPS) is 17.0. The third-order valence-electron chi connectivity index (χ3n) is 7.30. The van der Waals surface area contributed by atoms with Gasteiger partial charge in [0.05, 0.1) is 37.6 Å². The molecule has 0 saturated heterocycles. The summed E-state index contributed by atoms with van der Waals surface area (Å²) in [4.78, 5) is 44.8. The van der Waals surface area contributed by atoms with Crippen LogP contribution in [0.2, 0.25) is 0 Å². The lowest BCUT2D eigenvalue weighted by Gasteiger charge is -2.28. The van der Waals surface area contributed by atoms with Crippen LogP contribution in [0.3, 0.4) is 0 Å². The number of hydrogen-bond donors (Lipinski definition) is 2. The molecule has 17 heteroatoms. The van der Waals surface area contributed by atoms with E-state index in [0.29, 0.717) is 17.2 Å². The Hall–Kier alpha value is -4.61. The van der Waals surface area contributed by atoms with E-state index in [0.717, 1.165) is 37.8 Å². The summed E-state index contributed by atoms with van der Waals surface area (Å²) in [6.45, 7) is 2.35. The van der Waals surface area contributed by atoms with Crippen molar-refractivity contribution >= 4 is 34.9 Å². The summed E-state index contributed by atoms with van der Waals surface area (Å²) in [7, 11) is 1.17. The van der Waals surface area contributed by atoms with E-state index in [9.17, 15) is 23.2 Å². The molecule has 46 heavy (non-hydrogen) atoms. The fourth-order valence-corrected chi connectivity index (χ4v) is 5.77. The average Bonchev–Trinajstić information content (AvgIpc) is 3.82. The summed E-state index contributed by atoms with van der Waals surface area (Å²) in [5.41, 5.74) is 6.02. The number of nitrogens with one attached hydrogen (secondary N) is 1. The molecule has 0 radical (unpaired) electrons. The lowest BCUT2D eigenvalue weighted by molar-refractivity contribution is -0.153. The summed E-state index contributed by atoms with van der Waals surface area (Å²) in [6.07, 6.45) is 7.63. The molecule has 3 N–H and O–H groups in total. The summed E-state index contributed by atoms with van der Waals surface area (Å²) < 4.78 is 47.2. The Morgan fingerprint density at radius 1 is 1.13 bits per heavy atom. The number of rotatable bonds is 12. The van der Waals surface area contributed by atoms with Crippen molar-refractivity contribution in [1.29, 1.82) is 0 Å². The lowest BCUT2D eigenvalue weighted by atomic mass is 9.93. The molecule has 0 bridgehead atoms. The number of methoxy groups -OCH3 is 1. The van der Waals surface area contributed by atoms with Gasteiger partial charge in [-0.05, 0) is 44.7 Å². The molecule has 0 unspecified atom stereocenters. The predicted molar refractivity (Wildman–Crippen MR) is 160 cm³/mol. The Morgan fingerprint density at radius 2 is 1.91 bits per heavy atom. The van der Waals surface area contributed by atoms with Crippen LogP contribution in [0.4, 0.5) is 14.5 Å². The zero-order valence-corrected chi connectivity index (χ0v) is 25.8. The summed E-state index contributed by atoms with van der Waals surface area (Å²) in [5.74, 6) is -3.71. The van der Waals surface area contributed by atoms with E-state index >= 15 is 0 Å². The molecule has 4 aromatic rings. The van der Waals surface area contributed by atoms with E-state index in [2.05, 4.69) is 30.2 Å². The number of nitrogens with two attached hydrogens (primary N) is 1.